The molecule has 0 rings (SSSR count). The summed E-state index contributed by atoms with van der Waals surface area (Å²) in [5, 5.41) is 0. The van der Waals surface area contributed by atoms with Crippen molar-refractivity contribution in [2.45, 2.75) is 57.3 Å². The van der Waals surface area contributed by atoms with Crippen LogP contribution in [-0.4, -0.2) is 30.8 Å². The highest BCUT2D eigenvalue weighted by atomic mass is 28.1. The van der Waals surface area contributed by atoms with E-state index in [4.69, 9.17) is 9.47 Å². The fraction of sp³-hybridized carbons (Fsp3) is 1.00. The minimum absolute atomic E-state index is 0.113. The average Bonchev–Trinajstić information content (AvgIpc) is 2.19. The Kier molecular flexibility index (Phi) is 9.78. The van der Waals surface area contributed by atoms with Crippen molar-refractivity contribution in [3.8, 4) is 0 Å². The van der Waals surface area contributed by atoms with Gasteiger partial charge in [-0.3, -0.25) is 0 Å². The Labute approximate surface area is 91.8 Å². The lowest BCUT2D eigenvalue weighted by Crippen LogP contribution is -2.20. The number of hydrogen-bond donors (Lipinski definition) is 0. The smallest absolute Gasteiger partial charge is 0.156 e. The van der Waals surface area contributed by atoms with Gasteiger partial charge >= 0.3 is 0 Å². The molecule has 0 saturated heterocycles. The van der Waals surface area contributed by atoms with E-state index in [0.29, 0.717) is 5.54 Å². The standard InChI is InChI=1S/C11H23O2Si/c1-4-5-6-7-8-9-10(14)11(12-2)13-3/h10-11H,4-9H2,1-3H3. The van der Waals surface area contributed by atoms with Gasteiger partial charge in [0.05, 0.1) is 0 Å². The molecule has 14 heavy (non-hydrogen) atoms. The van der Waals surface area contributed by atoms with E-state index in [1.54, 1.807) is 14.2 Å². The summed E-state index contributed by atoms with van der Waals surface area (Å²) in [7, 11) is 6.99. The van der Waals surface area contributed by atoms with Gasteiger partial charge in [0.1, 0.15) is 0 Å². The number of unbranched alkanes of at least 4 members (excludes halogenated alkanes) is 4. The molecule has 0 aromatic rings. The minimum Gasteiger partial charge on any atom is -0.356 e. The summed E-state index contributed by atoms with van der Waals surface area (Å²) in [5.74, 6) is 0. The molecule has 1 unspecified atom stereocenters. The van der Waals surface area contributed by atoms with E-state index >= 15 is 0 Å². The first kappa shape index (κ1) is 14.1. The molecule has 0 amide bonds. The number of rotatable bonds is 9. The summed E-state index contributed by atoms with van der Waals surface area (Å²) in [6.45, 7) is 2.23. The summed E-state index contributed by atoms with van der Waals surface area (Å²) in [6.07, 6.45) is 7.57. The Balaban J connectivity index is 3.37. The molecule has 0 aromatic heterocycles. The lowest BCUT2D eigenvalue weighted by molar-refractivity contribution is -0.106. The Morgan fingerprint density at radius 2 is 1.57 bits per heavy atom. The molecule has 3 radical (unpaired) electrons. The number of hydrogen-bond acceptors (Lipinski definition) is 2. The van der Waals surface area contributed by atoms with Crippen LogP contribution in [0.5, 0.6) is 0 Å². The molecule has 0 N–H and O–H groups in total. The van der Waals surface area contributed by atoms with Crippen LogP contribution in [0.15, 0.2) is 0 Å². The van der Waals surface area contributed by atoms with Crippen molar-refractivity contribution in [1.29, 1.82) is 0 Å². The first-order chi connectivity index (χ1) is 6.76. The van der Waals surface area contributed by atoms with Crippen LogP contribution in [0.3, 0.4) is 0 Å². The molecule has 1 atom stereocenters. The summed E-state index contributed by atoms with van der Waals surface area (Å²) >= 11 is 0. The lowest BCUT2D eigenvalue weighted by atomic mass is 10.1. The van der Waals surface area contributed by atoms with Crippen molar-refractivity contribution in [3.63, 3.8) is 0 Å². The van der Waals surface area contributed by atoms with Crippen LogP contribution in [0.25, 0.3) is 0 Å². The third-order valence-electron chi connectivity index (χ3n) is 2.41. The molecule has 0 aliphatic heterocycles. The molecule has 0 heterocycles. The van der Waals surface area contributed by atoms with E-state index in [1.165, 1.54) is 32.1 Å². The minimum atomic E-state index is -0.113. The third-order valence-corrected chi connectivity index (χ3v) is 2.97. The topological polar surface area (TPSA) is 18.5 Å². The summed E-state index contributed by atoms with van der Waals surface area (Å²) in [5.41, 5.74) is 0.312. The van der Waals surface area contributed by atoms with Gasteiger partial charge in [0.15, 0.2) is 6.29 Å². The van der Waals surface area contributed by atoms with E-state index in [-0.39, 0.29) is 6.29 Å². The molecule has 0 saturated carbocycles. The second-order valence-electron chi connectivity index (χ2n) is 3.65. The molecule has 0 aromatic carbocycles. The SMILES string of the molecule is CCCCCCCC([Si])C(OC)OC. The highest BCUT2D eigenvalue weighted by Crippen LogP contribution is 2.19. The molecular formula is C11H23O2Si. The number of ether oxygens (including phenoxy) is 2. The predicted octanol–water partition coefficient (Wildman–Crippen LogP) is 2.92. The van der Waals surface area contributed by atoms with Crippen molar-refractivity contribution in [3.05, 3.63) is 0 Å². The van der Waals surface area contributed by atoms with Crippen LogP contribution in [0.2, 0.25) is 5.54 Å². The van der Waals surface area contributed by atoms with Crippen LogP contribution in [0.4, 0.5) is 0 Å². The fourth-order valence-electron chi connectivity index (χ4n) is 1.53. The normalized spacial score (nSPS) is 13.5. The Morgan fingerprint density at radius 1 is 1.00 bits per heavy atom. The van der Waals surface area contributed by atoms with Gasteiger partial charge in [-0.05, 0) is 12.0 Å². The van der Waals surface area contributed by atoms with Crippen LogP contribution in [0, 0.1) is 0 Å². The van der Waals surface area contributed by atoms with Gasteiger partial charge in [0.2, 0.25) is 0 Å². The monoisotopic (exact) mass is 215 g/mol. The molecule has 3 heteroatoms. The van der Waals surface area contributed by atoms with Gasteiger partial charge in [0, 0.05) is 24.5 Å². The third kappa shape index (κ3) is 6.57. The summed E-state index contributed by atoms with van der Waals surface area (Å²) in [4.78, 5) is 0. The maximum absolute atomic E-state index is 5.17. The first-order valence-electron chi connectivity index (χ1n) is 5.53. The maximum Gasteiger partial charge on any atom is 0.156 e. The first-order valence-corrected chi connectivity index (χ1v) is 6.10. The van der Waals surface area contributed by atoms with Gasteiger partial charge in [-0.1, -0.05) is 39.0 Å². The zero-order valence-corrected chi connectivity index (χ0v) is 10.7. The largest absolute Gasteiger partial charge is 0.356 e. The molecule has 0 aliphatic carbocycles. The van der Waals surface area contributed by atoms with Gasteiger partial charge in [-0.25, -0.2) is 0 Å². The van der Waals surface area contributed by atoms with Crippen LogP contribution in [0.1, 0.15) is 45.4 Å². The van der Waals surface area contributed by atoms with E-state index in [1.807, 2.05) is 0 Å². The fourth-order valence-corrected chi connectivity index (χ4v) is 2.00. The van der Waals surface area contributed by atoms with Gasteiger partial charge in [-0.15, -0.1) is 0 Å². The van der Waals surface area contributed by atoms with Crippen molar-refractivity contribution in [1.82, 2.24) is 0 Å². The number of methoxy groups -OCH3 is 2. The van der Waals surface area contributed by atoms with Crippen LogP contribution >= 0.6 is 0 Å². The van der Waals surface area contributed by atoms with E-state index < -0.39 is 0 Å². The van der Waals surface area contributed by atoms with Gasteiger partial charge in [-0.2, -0.15) is 0 Å². The van der Waals surface area contributed by atoms with Crippen molar-refractivity contribution >= 4 is 10.2 Å². The highest BCUT2D eigenvalue weighted by Gasteiger charge is 2.14. The second kappa shape index (κ2) is 9.68. The zero-order valence-electron chi connectivity index (χ0n) is 9.71. The second-order valence-corrected chi connectivity index (χ2v) is 4.39. The highest BCUT2D eigenvalue weighted by molar-refractivity contribution is 6.11. The van der Waals surface area contributed by atoms with E-state index in [9.17, 15) is 0 Å². The van der Waals surface area contributed by atoms with Crippen LogP contribution in [-0.2, 0) is 9.47 Å². The molecule has 0 aliphatic rings. The molecule has 2 nitrogen and oxygen atoms in total. The van der Waals surface area contributed by atoms with Crippen molar-refractivity contribution in [2.24, 2.45) is 0 Å². The lowest BCUT2D eigenvalue weighted by Gasteiger charge is -2.20. The molecule has 0 spiro atoms. The summed E-state index contributed by atoms with van der Waals surface area (Å²) < 4.78 is 10.3. The summed E-state index contributed by atoms with van der Waals surface area (Å²) in [6, 6.07) is 0. The molecule has 83 valence electrons. The zero-order chi connectivity index (χ0) is 10.8. The van der Waals surface area contributed by atoms with Crippen LogP contribution < -0.4 is 0 Å². The molecule has 0 bridgehead atoms. The molecular weight excluding hydrogens is 192 g/mol. The molecule has 0 fully saturated rings. The maximum atomic E-state index is 5.17. The van der Waals surface area contributed by atoms with E-state index in [2.05, 4.69) is 17.2 Å². The Morgan fingerprint density at radius 3 is 2.07 bits per heavy atom. The quantitative estimate of drug-likeness (QED) is 0.334. The van der Waals surface area contributed by atoms with E-state index in [0.717, 1.165) is 6.42 Å². The Hall–Kier alpha value is 0.137. The Bertz CT molecular complexity index is 116. The van der Waals surface area contributed by atoms with Gasteiger partial charge in [0.25, 0.3) is 0 Å². The van der Waals surface area contributed by atoms with Crippen molar-refractivity contribution < 1.29 is 9.47 Å². The predicted molar refractivity (Wildman–Crippen MR) is 60.7 cm³/mol. The average molecular weight is 215 g/mol. The van der Waals surface area contributed by atoms with Crippen molar-refractivity contribution in [2.75, 3.05) is 14.2 Å². The van der Waals surface area contributed by atoms with Gasteiger partial charge < -0.3 is 9.47 Å².